The van der Waals surface area contributed by atoms with E-state index in [0.29, 0.717) is 0 Å². The van der Waals surface area contributed by atoms with Crippen molar-refractivity contribution in [2.45, 2.75) is 237 Å². The average Bonchev–Trinajstić information content (AvgIpc) is 3.27. The molecule has 9 N–H and O–H groups in total. The summed E-state index contributed by atoms with van der Waals surface area (Å²) in [6.45, 7) is 19.0. The maximum Gasteiger partial charge on any atom is 0.466 e. The first-order valence-corrected chi connectivity index (χ1v) is 42.7. The molecule has 0 fully saturated rings. The second-order valence-electron chi connectivity index (χ2n) is 20.7. The Morgan fingerprint density at radius 3 is 0.394 bits per heavy atom. The van der Waals surface area contributed by atoms with E-state index < -0.39 is 51.8 Å². The van der Waals surface area contributed by atoms with E-state index in [9.17, 15) is 0 Å². The zero-order valence-electron chi connectivity index (χ0n) is 47.5. The third-order valence-electron chi connectivity index (χ3n) is 13.9. The Bertz CT molecular complexity index is 1180. The molecule has 440 valence electrons. The van der Waals surface area contributed by atoms with Crippen LogP contribution in [-0.2, 0) is 31.2 Å². The first-order valence-electron chi connectivity index (χ1n) is 27.9. The Morgan fingerprint density at radius 1 is 0.239 bits per heavy atom. The molecule has 0 rings (SSSR count). The van der Waals surface area contributed by atoms with Gasteiger partial charge in [-0.3, -0.25) is 0 Å². The Labute approximate surface area is 436 Å². The Morgan fingerprint density at radius 2 is 0.324 bits per heavy atom. The van der Waals surface area contributed by atoms with E-state index in [2.05, 4.69) is 83.1 Å². The van der Waals surface area contributed by atoms with Crippen molar-refractivity contribution in [3.8, 4) is 0 Å². The van der Waals surface area contributed by atoms with Crippen LogP contribution in [0.4, 0.5) is 0 Å². The summed E-state index contributed by atoms with van der Waals surface area (Å²) in [6, 6.07) is 0. The molecule has 16 nitrogen and oxygen atoms in total. The molecule has 0 aliphatic heterocycles. The SMILES string of the molecule is CCCCP(CCCC)(CCCC)(CCCC)OP(=O)(OP(CCCC)(CCCC)(CCCC)CCCC)OP(CCCC)(CCCC)(CCCC)CCCC.O=P(O)(O)O.O=P(O)(O)O.O=P(O)(O)O. The Kier molecular flexibility index (Phi) is 44.6. The van der Waals surface area contributed by atoms with Crippen LogP contribution in [0, 0.1) is 0 Å². The van der Waals surface area contributed by atoms with E-state index in [0.717, 1.165) is 228 Å². The maximum atomic E-state index is 17.7. The van der Waals surface area contributed by atoms with Gasteiger partial charge in [0.2, 0.25) is 0 Å². The largest absolute Gasteiger partial charge is 0.466 e. The molecular formula is C48H117O16P7. The summed E-state index contributed by atoms with van der Waals surface area (Å²) in [5, 5.41) is 0. The average molecular weight is 1170 g/mol. The molecule has 0 atom stereocenters. The predicted octanol–water partition coefficient (Wildman–Crippen LogP) is 16.4. The van der Waals surface area contributed by atoms with Crippen LogP contribution in [0.5, 0.6) is 0 Å². The number of phosphoric acid groups is 4. The van der Waals surface area contributed by atoms with Gasteiger partial charge in [0.1, 0.15) is 0 Å². The van der Waals surface area contributed by atoms with Crippen molar-refractivity contribution >= 4 is 51.8 Å². The third-order valence-corrected chi connectivity index (χ3v) is 39.2. The molecule has 0 aliphatic carbocycles. The smallest absolute Gasteiger partial charge is 0.303 e. The van der Waals surface area contributed by atoms with Crippen LogP contribution in [0.2, 0.25) is 0 Å². The molecule has 0 aromatic carbocycles. The monoisotopic (exact) mass is 1170 g/mol. The topological polar surface area (TPSA) is 278 Å². The van der Waals surface area contributed by atoms with E-state index >= 15 is 4.57 Å². The molecule has 0 saturated heterocycles. The fourth-order valence-corrected chi connectivity index (χ4v) is 39.4. The Balaban J connectivity index is -0.00000129. The third kappa shape index (κ3) is 38.9. The molecule has 0 radical (unpaired) electrons. The van der Waals surface area contributed by atoms with Crippen molar-refractivity contribution in [3.05, 3.63) is 0 Å². The van der Waals surface area contributed by atoms with Crippen molar-refractivity contribution in [3.63, 3.8) is 0 Å². The van der Waals surface area contributed by atoms with Crippen LogP contribution >= 0.6 is 51.8 Å². The van der Waals surface area contributed by atoms with Crippen molar-refractivity contribution in [2.75, 3.05) is 73.9 Å². The molecule has 0 bridgehead atoms. The van der Waals surface area contributed by atoms with E-state index in [1.54, 1.807) is 0 Å². The molecule has 71 heavy (non-hydrogen) atoms. The van der Waals surface area contributed by atoms with Crippen LogP contribution in [0.1, 0.15) is 237 Å². The van der Waals surface area contributed by atoms with Crippen LogP contribution in [0.3, 0.4) is 0 Å². The second kappa shape index (κ2) is 40.0. The van der Waals surface area contributed by atoms with Gasteiger partial charge in [-0.25, -0.2) is 13.7 Å². The minimum Gasteiger partial charge on any atom is -0.303 e. The van der Waals surface area contributed by atoms with Crippen LogP contribution < -0.4 is 0 Å². The standard InChI is InChI=1S/C48H108O4P4.3H3O4P/c1-13-25-37-54(38-26-14-2,39-27-15-3,40-28-16-4)50-53(49,51-55(41-29-17-5,42-30-18-6,43-31-19-7)44-32-20-8)52-56(45-33-21-9,46-34-22-10,47-35-23-11)48-36-24-12;3*1-5(2,3)4/h13-48H2,1-12H3;3*(H3,1,2,3,4). The summed E-state index contributed by atoms with van der Waals surface area (Å²) >= 11 is 0. The summed E-state index contributed by atoms with van der Waals surface area (Å²) in [5.74, 6) is 0. The minimum absolute atomic E-state index is 1.09. The fourth-order valence-electron chi connectivity index (χ4n) is 10.1. The van der Waals surface area contributed by atoms with Crippen molar-refractivity contribution < 1.29 is 75.2 Å². The summed E-state index contributed by atoms with van der Waals surface area (Å²) in [6.07, 6.45) is 40.7. The maximum absolute atomic E-state index is 17.7. The Hall–Kier alpha value is 1.73. The van der Waals surface area contributed by atoms with E-state index in [1.807, 2.05) is 0 Å². The minimum atomic E-state index is -4.64. The number of unbranched alkanes of at least 4 members (excludes halogenated alkanes) is 12. The predicted molar refractivity (Wildman–Crippen MR) is 312 cm³/mol. The number of rotatable bonds is 42. The van der Waals surface area contributed by atoms with Crippen LogP contribution in [-0.4, -0.2) is 118 Å². The normalized spacial score (nSPS) is 15.2. The van der Waals surface area contributed by atoms with Gasteiger partial charge in [0, 0.05) is 0 Å². The summed E-state index contributed by atoms with van der Waals surface area (Å²) in [7, 11) is -18.0. The van der Waals surface area contributed by atoms with Gasteiger partial charge < -0.3 is 44.0 Å². The van der Waals surface area contributed by atoms with Gasteiger partial charge in [-0.15, -0.1) is 0 Å². The molecule has 0 aromatic rings. The van der Waals surface area contributed by atoms with Gasteiger partial charge in [-0.05, 0) is 0 Å². The molecule has 0 aliphatic rings. The molecule has 23 heteroatoms. The van der Waals surface area contributed by atoms with Crippen molar-refractivity contribution in [1.29, 1.82) is 0 Å². The second-order valence-corrected chi connectivity index (χ2v) is 43.2. The first-order chi connectivity index (χ1) is 32.8. The van der Waals surface area contributed by atoms with Gasteiger partial charge in [-0.2, -0.15) is 0 Å². The molecular weight excluding hydrogens is 1050 g/mol. The van der Waals surface area contributed by atoms with Gasteiger partial charge in [0.05, 0.1) is 0 Å². The first kappa shape index (κ1) is 79.2. The molecule has 0 spiro atoms. The molecule has 0 heterocycles. The quantitative estimate of drug-likeness (QED) is 0.0257. The zero-order chi connectivity index (χ0) is 55.9. The van der Waals surface area contributed by atoms with Crippen LogP contribution in [0.15, 0.2) is 0 Å². The van der Waals surface area contributed by atoms with E-state index in [1.165, 1.54) is 0 Å². The van der Waals surface area contributed by atoms with Gasteiger partial charge in [0.25, 0.3) is 0 Å². The fraction of sp³-hybridized carbons (Fsp3) is 1.00. The summed E-state index contributed by atoms with van der Waals surface area (Å²) in [4.78, 5) is 64.7. The molecule has 0 aromatic heterocycles. The van der Waals surface area contributed by atoms with Gasteiger partial charge in [0.15, 0.2) is 0 Å². The molecule has 0 amide bonds. The zero-order valence-corrected chi connectivity index (χ0v) is 53.7. The van der Waals surface area contributed by atoms with E-state index in [4.69, 9.17) is 70.7 Å². The molecule has 0 unspecified atom stereocenters. The summed E-state index contributed by atoms with van der Waals surface area (Å²) < 4.78 is 69.3. The number of hydrogen-bond donors (Lipinski definition) is 9. The van der Waals surface area contributed by atoms with Crippen LogP contribution in [0.25, 0.3) is 0 Å². The number of hydrogen-bond acceptors (Lipinski definition) is 7. The van der Waals surface area contributed by atoms with Gasteiger partial charge in [-0.1, -0.05) is 0 Å². The van der Waals surface area contributed by atoms with Gasteiger partial charge >= 0.3 is 380 Å². The van der Waals surface area contributed by atoms with E-state index in [-0.39, 0.29) is 0 Å². The molecule has 0 saturated carbocycles. The summed E-state index contributed by atoms with van der Waals surface area (Å²) in [5.41, 5.74) is 0. The van der Waals surface area contributed by atoms with Crippen molar-refractivity contribution in [1.82, 2.24) is 0 Å². The van der Waals surface area contributed by atoms with Crippen molar-refractivity contribution in [2.24, 2.45) is 0 Å².